The highest BCUT2D eigenvalue weighted by Crippen LogP contribution is 2.45. The maximum absolute atomic E-state index is 10.4. The van der Waals surface area contributed by atoms with Crippen LogP contribution in [-0.4, -0.2) is 111 Å². The molecule has 5 N–H and O–H groups in total. The SMILES string of the molecule is COc1nc(Oc2c(Br)cc3[nH]cc(O[C@@H]4O[C@H](CO)[C@@H](O)[C@H](O)[C@H]4O)c3c2Br)nc(N2CCOCC2)n1. The second-order valence-corrected chi connectivity index (χ2v) is 10.1. The Balaban J connectivity index is 1.46. The molecule has 2 aliphatic heterocycles. The normalized spacial score (nSPS) is 26.0. The van der Waals surface area contributed by atoms with Gasteiger partial charge in [-0.3, -0.25) is 0 Å². The third-order valence-electron chi connectivity index (χ3n) is 6.13. The molecule has 5 atom stereocenters. The smallest absolute Gasteiger partial charge is 0.330 e. The molecule has 2 aromatic heterocycles. The molecule has 0 bridgehead atoms. The van der Waals surface area contributed by atoms with E-state index in [1.807, 2.05) is 4.90 Å². The number of aliphatic hydroxyl groups excluding tert-OH is 4. The molecular weight excluding hydrogens is 638 g/mol. The summed E-state index contributed by atoms with van der Waals surface area (Å²) < 4.78 is 29.1. The molecule has 206 valence electrons. The van der Waals surface area contributed by atoms with Crippen molar-refractivity contribution in [3.63, 3.8) is 0 Å². The number of nitrogens with zero attached hydrogens (tertiary/aromatic N) is 4. The van der Waals surface area contributed by atoms with Crippen LogP contribution in [0.4, 0.5) is 5.95 Å². The van der Waals surface area contributed by atoms with E-state index in [9.17, 15) is 20.4 Å². The average Bonchev–Trinajstić information content (AvgIpc) is 3.33. The molecule has 2 aliphatic rings. The molecule has 0 unspecified atom stereocenters. The first-order chi connectivity index (χ1) is 18.3. The number of fused-ring (bicyclic) bond motifs is 1. The van der Waals surface area contributed by atoms with Crippen molar-refractivity contribution in [2.24, 2.45) is 0 Å². The zero-order valence-corrected chi connectivity index (χ0v) is 23.1. The third kappa shape index (κ3) is 5.27. The number of morpholine rings is 1. The lowest BCUT2D eigenvalue weighted by molar-refractivity contribution is -0.277. The van der Waals surface area contributed by atoms with Crippen molar-refractivity contribution in [1.82, 2.24) is 19.9 Å². The molecular formula is C22H25Br2N5O9. The molecule has 0 radical (unpaired) electrons. The van der Waals surface area contributed by atoms with E-state index in [-0.39, 0.29) is 17.8 Å². The largest absolute Gasteiger partial charge is 0.467 e. The highest BCUT2D eigenvalue weighted by atomic mass is 79.9. The lowest BCUT2D eigenvalue weighted by atomic mass is 9.99. The maximum atomic E-state index is 10.4. The third-order valence-corrected chi connectivity index (χ3v) is 7.47. The van der Waals surface area contributed by atoms with Gasteiger partial charge in [0.2, 0.25) is 12.2 Å². The topological polar surface area (TPSA) is 185 Å². The monoisotopic (exact) mass is 661 g/mol. The van der Waals surface area contributed by atoms with Gasteiger partial charge in [0.05, 0.1) is 46.8 Å². The highest BCUT2D eigenvalue weighted by Gasteiger charge is 2.45. The second-order valence-electron chi connectivity index (χ2n) is 8.50. The summed E-state index contributed by atoms with van der Waals surface area (Å²) in [6.45, 7) is 1.72. The average molecular weight is 663 g/mol. The summed E-state index contributed by atoms with van der Waals surface area (Å²) in [5.41, 5.74) is 0.637. The number of aromatic nitrogens is 4. The van der Waals surface area contributed by atoms with E-state index in [0.29, 0.717) is 57.8 Å². The van der Waals surface area contributed by atoms with Crippen LogP contribution >= 0.6 is 31.9 Å². The van der Waals surface area contributed by atoms with Gasteiger partial charge in [0.15, 0.2) is 5.75 Å². The molecule has 5 rings (SSSR count). The Kier molecular flexibility index (Phi) is 8.20. The summed E-state index contributed by atoms with van der Waals surface area (Å²) in [6, 6.07) is 1.82. The van der Waals surface area contributed by atoms with E-state index < -0.39 is 37.3 Å². The van der Waals surface area contributed by atoms with Crippen LogP contribution < -0.4 is 19.1 Å². The number of hydrogen-bond acceptors (Lipinski definition) is 13. The van der Waals surface area contributed by atoms with Gasteiger partial charge < -0.3 is 54.0 Å². The number of ether oxygens (including phenoxy) is 5. The zero-order chi connectivity index (χ0) is 27.0. The van der Waals surface area contributed by atoms with Crippen LogP contribution in [0.25, 0.3) is 10.9 Å². The number of rotatable bonds is 7. The summed E-state index contributed by atoms with van der Waals surface area (Å²) >= 11 is 7.07. The molecule has 0 aliphatic carbocycles. The number of aromatic amines is 1. The van der Waals surface area contributed by atoms with Gasteiger partial charge in [0.25, 0.3) is 0 Å². The summed E-state index contributed by atoms with van der Waals surface area (Å²) in [6.07, 6.45) is -5.59. The fourth-order valence-electron chi connectivity index (χ4n) is 4.11. The minimum atomic E-state index is -1.58. The van der Waals surface area contributed by atoms with Gasteiger partial charge in [0, 0.05) is 19.3 Å². The number of anilines is 1. The molecule has 2 saturated heterocycles. The van der Waals surface area contributed by atoms with Gasteiger partial charge in [-0.1, -0.05) is 0 Å². The van der Waals surface area contributed by atoms with Crippen LogP contribution in [0.2, 0.25) is 0 Å². The first kappa shape index (κ1) is 27.3. The van der Waals surface area contributed by atoms with E-state index >= 15 is 0 Å². The molecule has 0 saturated carbocycles. The Hall–Kier alpha value is -2.31. The lowest BCUT2D eigenvalue weighted by Gasteiger charge is -2.39. The van der Waals surface area contributed by atoms with Crippen molar-refractivity contribution in [2.75, 3.05) is 44.9 Å². The number of halogens is 2. The van der Waals surface area contributed by atoms with Crippen molar-refractivity contribution < 1.29 is 44.1 Å². The van der Waals surface area contributed by atoms with Gasteiger partial charge in [-0.25, -0.2) is 0 Å². The first-order valence-electron chi connectivity index (χ1n) is 11.6. The van der Waals surface area contributed by atoms with Gasteiger partial charge >= 0.3 is 12.0 Å². The van der Waals surface area contributed by atoms with Crippen LogP contribution in [0.15, 0.2) is 21.2 Å². The van der Waals surface area contributed by atoms with Gasteiger partial charge in [0.1, 0.15) is 30.2 Å². The van der Waals surface area contributed by atoms with Crippen LogP contribution in [0.3, 0.4) is 0 Å². The summed E-state index contributed by atoms with van der Waals surface area (Å²) in [7, 11) is 1.45. The van der Waals surface area contributed by atoms with Crippen LogP contribution in [0.1, 0.15) is 0 Å². The standard InChI is InChI=1S/C22H25Br2N5O9/c1-34-21-26-20(29-2-4-35-5-3-29)27-22(28-21)38-18-9(23)6-10-13(14(18)24)11(7-25-10)36-19-17(33)16(32)15(31)12(8-30)37-19/h6-7,12,15-17,19,25,30-33H,2-5,8H2,1H3/t12-,15-,16+,17-,19-/m1/s1. The fraction of sp³-hybridized carbons (Fsp3) is 0.500. The fourth-order valence-corrected chi connectivity index (χ4v) is 5.59. The molecule has 0 spiro atoms. The molecule has 1 aromatic carbocycles. The van der Waals surface area contributed by atoms with E-state index in [1.54, 1.807) is 6.07 Å². The number of hydrogen-bond donors (Lipinski definition) is 5. The molecule has 3 aromatic rings. The Morgan fingerprint density at radius 2 is 1.82 bits per heavy atom. The first-order valence-corrected chi connectivity index (χ1v) is 13.2. The molecule has 0 amide bonds. The Morgan fingerprint density at radius 1 is 1.08 bits per heavy atom. The molecule has 4 heterocycles. The van der Waals surface area contributed by atoms with Crippen molar-refractivity contribution >= 4 is 48.7 Å². The van der Waals surface area contributed by atoms with E-state index in [0.717, 1.165) is 0 Å². The predicted octanol–water partition coefficient (Wildman–Crippen LogP) is 0.694. The summed E-state index contributed by atoms with van der Waals surface area (Å²) in [5.74, 6) is 0.949. The van der Waals surface area contributed by atoms with Crippen LogP contribution in [0, 0.1) is 0 Å². The van der Waals surface area contributed by atoms with Crippen molar-refractivity contribution in [2.45, 2.75) is 30.7 Å². The molecule has 16 heteroatoms. The lowest BCUT2D eigenvalue weighted by Crippen LogP contribution is -2.60. The second kappa shape index (κ2) is 11.4. The quantitative estimate of drug-likeness (QED) is 0.238. The maximum Gasteiger partial charge on any atom is 0.330 e. The molecule has 14 nitrogen and oxygen atoms in total. The van der Waals surface area contributed by atoms with Crippen molar-refractivity contribution in [3.05, 3.63) is 21.2 Å². The number of methoxy groups -OCH3 is 1. The van der Waals surface area contributed by atoms with Crippen LogP contribution in [0.5, 0.6) is 23.5 Å². The predicted molar refractivity (Wildman–Crippen MR) is 138 cm³/mol. The minimum absolute atomic E-state index is 0.00831. The number of nitrogens with one attached hydrogen (secondary N) is 1. The van der Waals surface area contributed by atoms with E-state index in [2.05, 4.69) is 51.8 Å². The zero-order valence-electron chi connectivity index (χ0n) is 20.0. The Labute approximate surface area is 232 Å². The van der Waals surface area contributed by atoms with Crippen LogP contribution in [-0.2, 0) is 9.47 Å². The van der Waals surface area contributed by atoms with E-state index in [1.165, 1.54) is 13.3 Å². The van der Waals surface area contributed by atoms with Crippen molar-refractivity contribution in [1.29, 1.82) is 0 Å². The summed E-state index contributed by atoms with van der Waals surface area (Å²) in [4.78, 5) is 18.0. The Morgan fingerprint density at radius 3 is 2.53 bits per heavy atom. The minimum Gasteiger partial charge on any atom is -0.467 e. The number of aliphatic hydroxyl groups is 4. The number of H-pyrrole nitrogens is 1. The Bertz CT molecular complexity index is 1290. The van der Waals surface area contributed by atoms with E-state index in [4.69, 9.17) is 23.7 Å². The van der Waals surface area contributed by atoms with Crippen molar-refractivity contribution in [3.8, 4) is 23.5 Å². The summed E-state index contributed by atoms with van der Waals surface area (Å²) in [5, 5.41) is 40.5. The number of benzene rings is 1. The van der Waals surface area contributed by atoms with Gasteiger partial charge in [-0.05, 0) is 37.9 Å². The molecule has 38 heavy (non-hydrogen) atoms. The highest BCUT2D eigenvalue weighted by molar-refractivity contribution is 9.11. The molecule has 2 fully saturated rings. The van der Waals surface area contributed by atoms with Gasteiger partial charge in [-0.2, -0.15) is 9.97 Å². The van der Waals surface area contributed by atoms with Gasteiger partial charge in [-0.15, -0.1) is 4.98 Å².